The molecule has 11 heavy (non-hydrogen) atoms. The van der Waals surface area contributed by atoms with Crippen LogP contribution in [0.2, 0.25) is 0 Å². The Morgan fingerprint density at radius 1 is 1.64 bits per heavy atom. The monoisotopic (exact) mass is 184 g/mol. The van der Waals surface area contributed by atoms with Crippen LogP contribution in [0.4, 0.5) is 0 Å². The van der Waals surface area contributed by atoms with E-state index >= 15 is 0 Å². The molecule has 1 unspecified atom stereocenters. The Labute approximate surface area is 62.8 Å². The fourth-order valence-corrected chi connectivity index (χ4v) is 1.03. The van der Waals surface area contributed by atoms with Gasteiger partial charge in [0, 0.05) is 0 Å². The summed E-state index contributed by atoms with van der Waals surface area (Å²) in [4.78, 5) is 11.0. The average Bonchev–Trinajstić information content (AvgIpc) is 1.87. The van der Waals surface area contributed by atoms with Gasteiger partial charge >= 0.3 is 5.97 Å². The van der Waals surface area contributed by atoms with Crippen molar-refractivity contribution in [3.8, 4) is 0 Å². The molecule has 0 aromatic carbocycles. The molecular formula is C3H8N2O5S. The van der Waals surface area contributed by atoms with Crippen molar-refractivity contribution in [2.75, 3.05) is 5.75 Å². The van der Waals surface area contributed by atoms with Crippen LogP contribution in [-0.4, -0.2) is 36.5 Å². The number of hydrogen-bond acceptors (Lipinski definition) is 5. The molecule has 7 nitrogen and oxygen atoms in total. The topological polar surface area (TPSA) is 130 Å². The molecule has 0 amide bonds. The van der Waals surface area contributed by atoms with Crippen molar-refractivity contribution >= 4 is 16.0 Å². The normalized spacial score (nSPS) is 14.4. The molecule has 0 aromatic heterocycles. The van der Waals surface area contributed by atoms with Crippen molar-refractivity contribution < 1.29 is 23.5 Å². The Morgan fingerprint density at radius 3 is 2.36 bits per heavy atom. The zero-order chi connectivity index (χ0) is 9.07. The lowest BCUT2D eigenvalue weighted by Crippen LogP contribution is -2.40. The van der Waals surface area contributed by atoms with E-state index in [-0.39, 0.29) is 0 Å². The summed E-state index contributed by atoms with van der Waals surface area (Å²) < 4.78 is 20.8. The highest BCUT2D eigenvalue weighted by molar-refractivity contribution is 7.89. The van der Waals surface area contributed by atoms with E-state index in [2.05, 4.69) is 0 Å². The van der Waals surface area contributed by atoms with Crippen LogP contribution in [0.5, 0.6) is 0 Å². The van der Waals surface area contributed by atoms with Crippen LogP contribution < -0.4 is 10.6 Å². The second kappa shape index (κ2) is 3.62. The third-order valence-corrected chi connectivity index (χ3v) is 1.93. The highest BCUT2D eigenvalue weighted by atomic mass is 32.2. The molecule has 0 rings (SSSR count). The van der Waals surface area contributed by atoms with Gasteiger partial charge in [-0.05, 0) is 0 Å². The van der Waals surface area contributed by atoms with Gasteiger partial charge in [0.1, 0.15) is 6.04 Å². The summed E-state index contributed by atoms with van der Waals surface area (Å²) in [6.07, 6.45) is 0. The molecule has 0 saturated heterocycles. The summed E-state index contributed by atoms with van der Waals surface area (Å²) in [6, 6.07) is -1.53. The Balaban J connectivity index is 4.16. The Hall–Kier alpha value is -0.700. The minimum atomic E-state index is -3.96. The van der Waals surface area contributed by atoms with E-state index in [1.165, 1.54) is 0 Å². The van der Waals surface area contributed by atoms with Gasteiger partial charge in [-0.3, -0.25) is 4.79 Å². The summed E-state index contributed by atoms with van der Waals surface area (Å²) >= 11 is 0. The van der Waals surface area contributed by atoms with E-state index in [0.717, 1.165) is 4.89 Å². The lowest BCUT2D eigenvalue weighted by Gasteiger charge is -2.04. The number of carbonyl (C=O) groups is 1. The average molecular weight is 184 g/mol. The molecule has 0 fully saturated rings. The van der Waals surface area contributed by atoms with Gasteiger partial charge in [0.25, 0.3) is 0 Å². The summed E-state index contributed by atoms with van der Waals surface area (Å²) in [7, 11) is -3.96. The van der Waals surface area contributed by atoms with E-state index < -0.39 is 27.8 Å². The highest BCUT2D eigenvalue weighted by Gasteiger charge is 2.20. The molecule has 0 aromatic rings. The predicted molar refractivity (Wildman–Crippen MR) is 34.3 cm³/mol. The van der Waals surface area contributed by atoms with Gasteiger partial charge in [-0.25, -0.2) is 8.42 Å². The van der Waals surface area contributed by atoms with Gasteiger partial charge in [-0.2, -0.15) is 0 Å². The molecule has 0 saturated carbocycles. The maximum atomic E-state index is 10.4. The maximum Gasteiger partial charge on any atom is 0.321 e. The van der Waals surface area contributed by atoms with Crippen molar-refractivity contribution in [3.05, 3.63) is 0 Å². The van der Waals surface area contributed by atoms with Crippen molar-refractivity contribution in [3.63, 3.8) is 0 Å². The van der Waals surface area contributed by atoms with Crippen molar-refractivity contribution in [2.24, 2.45) is 5.73 Å². The molecule has 0 heterocycles. The van der Waals surface area contributed by atoms with Crippen LogP contribution in [0, 0.1) is 0 Å². The fourth-order valence-electron chi connectivity index (χ4n) is 0.345. The zero-order valence-corrected chi connectivity index (χ0v) is 6.21. The van der Waals surface area contributed by atoms with E-state index in [0.29, 0.717) is 0 Å². The lowest BCUT2D eigenvalue weighted by atomic mass is 10.4. The van der Waals surface area contributed by atoms with E-state index in [1.807, 2.05) is 0 Å². The fraction of sp³-hybridized carbons (Fsp3) is 0.667. The third-order valence-electron chi connectivity index (χ3n) is 0.855. The maximum absolute atomic E-state index is 10.4. The van der Waals surface area contributed by atoms with Crippen molar-refractivity contribution in [1.29, 1.82) is 0 Å². The minimum absolute atomic E-state index is 0.848. The number of carboxylic acids is 1. The molecule has 8 heteroatoms. The van der Waals surface area contributed by atoms with E-state index in [1.54, 1.807) is 0 Å². The number of rotatable bonds is 4. The van der Waals surface area contributed by atoms with Crippen LogP contribution >= 0.6 is 0 Å². The molecule has 66 valence electrons. The third kappa shape index (κ3) is 3.88. The second-order valence-electron chi connectivity index (χ2n) is 1.82. The molecule has 0 aliphatic carbocycles. The smallest absolute Gasteiger partial charge is 0.321 e. The molecular weight excluding hydrogens is 176 g/mol. The largest absolute Gasteiger partial charge is 0.480 e. The summed E-state index contributed by atoms with van der Waals surface area (Å²) in [6.45, 7) is 0. The number of aliphatic carboxylic acids is 1. The molecule has 0 aliphatic rings. The summed E-state index contributed by atoms with van der Waals surface area (Å²) in [5.74, 6) is -2.29. The standard InChI is InChI=1S/C3H8N2O5S/c4-2(3(6)7)1-11(9,10)5-8/h2,5,8H,1,4H2,(H,6,7). The van der Waals surface area contributed by atoms with Gasteiger partial charge < -0.3 is 16.0 Å². The van der Waals surface area contributed by atoms with Gasteiger partial charge in [-0.1, -0.05) is 4.89 Å². The van der Waals surface area contributed by atoms with Crippen LogP contribution in [0.3, 0.4) is 0 Å². The zero-order valence-electron chi connectivity index (χ0n) is 5.39. The molecule has 1 atom stereocenters. The number of hydrogen-bond donors (Lipinski definition) is 4. The van der Waals surface area contributed by atoms with Crippen LogP contribution in [0.15, 0.2) is 0 Å². The second-order valence-corrected chi connectivity index (χ2v) is 3.56. The highest BCUT2D eigenvalue weighted by Crippen LogP contribution is 1.86. The molecule has 0 aliphatic heterocycles. The number of sulfonamides is 1. The quantitative estimate of drug-likeness (QED) is 0.364. The Kier molecular flexibility index (Phi) is 3.39. The van der Waals surface area contributed by atoms with Gasteiger partial charge in [0.05, 0.1) is 5.75 Å². The van der Waals surface area contributed by atoms with E-state index in [4.69, 9.17) is 16.0 Å². The predicted octanol–water partition coefficient (Wildman–Crippen LogP) is -2.29. The number of nitrogens with two attached hydrogens (primary N) is 1. The lowest BCUT2D eigenvalue weighted by molar-refractivity contribution is -0.137. The van der Waals surface area contributed by atoms with Gasteiger partial charge in [0.2, 0.25) is 10.0 Å². The minimum Gasteiger partial charge on any atom is -0.480 e. The van der Waals surface area contributed by atoms with E-state index in [9.17, 15) is 13.2 Å². The van der Waals surface area contributed by atoms with Gasteiger partial charge in [-0.15, -0.1) is 0 Å². The Morgan fingerprint density at radius 2 is 2.09 bits per heavy atom. The van der Waals surface area contributed by atoms with Crippen LogP contribution in [-0.2, 0) is 14.8 Å². The Bertz CT molecular complexity index is 234. The van der Waals surface area contributed by atoms with Crippen LogP contribution in [0.1, 0.15) is 0 Å². The molecule has 5 N–H and O–H groups in total. The first-order valence-corrected chi connectivity index (χ1v) is 4.16. The van der Waals surface area contributed by atoms with Crippen molar-refractivity contribution in [2.45, 2.75) is 6.04 Å². The molecule has 0 bridgehead atoms. The first-order valence-electron chi connectivity index (χ1n) is 2.51. The summed E-state index contributed by atoms with van der Waals surface area (Å²) in [5, 5.41) is 16.1. The SMILES string of the molecule is NC(CS(=O)(=O)NO)C(=O)O. The molecule has 0 radical (unpaired) electrons. The first-order chi connectivity index (χ1) is 4.89. The number of carboxylic acid groups (broad SMARTS) is 1. The van der Waals surface area contributed by atoms with Crippen molar-refractivity contribution in [1.82, 2.24) is 4.89 Å². The number of nitrogens with one attached hydrogen (secondary N) is 1. The van der Waals surface area contributed by atoms with Gasteiger partial charge in [0.15, 0.2) is 0 Å². The summed E-state index contributed by atoms with van der Waals surface area (Å²) in [5.41, 5.74) is 4.85. The molecule has 0 spiro atoms. The van der Waals surface area contributed by atoms with Crippen LogP contribution in [0.25, 0.3) is 0 Å². The first kappa shape index (κ1) is 10.3.